The second-order valence-electron chi connectivity index (χ2n) is 3.87. The highest BCUT2D eigenvalue weighted by Gasteiger charge is 2.21. The molecule has 4 heteroatoms. The van der Waals surface area contributed by atoms with Crippen LogP contribution in [0.2, 0.25) is 0 Å². The maximum atomic E-state index is 8.53. The lowest BCUT2D eigenvalue weighted by Crippen LogP contribution is -2.51. The van der Waals surface area contributed by atoms with Gasteiger partial charge in [0.15, 0.2) is 5.84 Å². The van der Waals surface area contributed by atoms with Gasteiger partial charge in [0.2, 0.25) is 0 Å². The largest absolute Gasteiger partial charge is 0.409 e. The highest BCUT2D eigenvalue weighted by Crippen LogP contribution is 2.09. The first-order valence-electron chi connectivity index (χ1n) is 4.72. The maximum absolute atomic E-state index is 8.53. The van der Waals surface area contributed by atoms with Gasteiger partial charge in [-0.25, -0.2) is 0 Å². The van der Waals surface area contributed by atoms with Crippen LogP contribution >= 0.6 is 0 Å². The average molecular weight is 187 g/mol. The first-order valence-corrected chi connectivity index (χ1v) is 4.72. The van der Waals surface area contributed by atoms with E-state index in [1.54, 1.807) is 0 Å². The molecule has 78 valence electrons. The molecule has 0 aromatic heterocycles. The van der Waals surface area contributed by atoms with Crippen molar-refractivity contribution >= 4 is 5.84 Å². The van der Waals surface area contributed by atoms with E-state index in [2.05, 4.69) is 31.2 Å². The zero-order valence-corrected chi connectivity index (χ0v) is 8.96. The second kappa shape index (κ2) is 5.07. The van der Waals surface area contributed by atoms with Crippen molar-refractivity contribution in [3.05, 3.63) is 0 Å². The molecule has 0 saturated heterocycles. The smallest absolute Gasteiger partial charge is 0.156 e. The second-order valence-corrected chi connectivity index (χ2v) is 3.87. The molecule has 1 atom stereocenters. The fourth-order valence-corrected chi connectivity index (χ4v) is 1.03. The lowest BCUT2D eigenvalue weighted by molar-refractivity contribution is 0.306. The van der Waals surface area contributed by atoms with E-state index in [0.717, 1.165) is 12.8 Å². The van der Waals surface area contributed by atoms with Crippen molar-refractivity contribution < 1.29 is 5.21 Å². The van der Waals surface area contributed by atoms with E-state index in [9.17, 15) is 0 Å². The minimum atomic E-state index is -0.0417. The summed E-state index contributed by atoms with van der Waals surface area (Å²) >= 11 is 0. The van der Waals surface area contributed by atoms with E-state index in [0.29, 0.717) is 0 Å². The third-order valence-electron chi connectivity index (χ3n) is 2.33. The molecular formula is C9H21N3O. The van der Waals surface area contributed by atoms with Gasteiger partial charge in [-0.15, -0.1) is 0 Å². The molecule has 4 N–H and O–H groups in total. The first kappa shape index (κ1) is 12.2. The quantitative estimate of drug-likeness (QED) is 0.263. The van der Waals surface area contributed by atoms with Crippen molar-refractivity contribution in [2.45, 2.75) is 52.1 Å². The van der Waals surface area contributed by atoms with E-state index in [1.807, 2.05) is 6.92 Å². The molecule has 4 nitrogen and oxygen atoms in total. The van der Waals surface area contributed by atoms with Crippen LogP contribution in [0, 0.1) is 0 Å². The number of hydrogen-bond acceptors (Lipinski definition) is 3. The molecular weight excluding hydrogens is 166 g/mol. The molecule has 0 amide bonds. The number of oxime groups is 1. The monoisotopic (exact) mass is 187 g/mol. The van der Waals surface area contributed by atoms with Gasteiger partial charge in [0.05, 0.1) is 6.04 Å². The Morgan fingerprint density at radius 2 is 2.08 bits per heavy atom. The van der Waals surface area contributed by atoms with E-state index >= 15 is 0 Å². The number of nitrogens with zero attached hydrogens (tertiary/aromatic N) is 1. The van der Waals surface area contributed by atoms with E-state index in [-0.39, 0.29) is 17.4 Å². The van der Waals surface area contributed by atoms with Gasteiger partial charge in [0, 0.05) is 5.54 Å². The summed E-state index contributed by atoms with van der Waals surface area (Å²) in [6, 6.07) is -0.0417. The zero-order chi connectivity index (χ0) is 10.5. The Bertz CT molecular complexity index is 178. The van der Waals surface area contributed by atoms with Gasteiger partial charge >= 0.3 is 0 Å². The molecule has 0 aliphatic carbocycles. The van der Waals surface area contributed by atoms with Crippen LogP contribution in [-0.4, -0.2) is 22.6 Å². The molecule has 0 spiro atoms. The normalized spacial score (nSPS) is 15.8. The molecule has 0 heterocycles. The minimum absolute atomic E-state index is 0.0238. The number of rotatable bonds is 5. The summed E-state index contributed by atoms with van der Waals surface area (Å²) in [6.45, 7) is 8.30. The standard InChI is InChI=1S/C9H21N3O/c1-5-7(8(10)12-13)11-9(3,4)6-2/h7,11,13H,5-6H2,1-4H3,(H2,10,12). The van der Waals surface area contributed by atoms with Crippen molar-refractivity contribution in [3.8, 4) is 0 Å². The Balaban J connectivity index is 4.29. The topological polar surface area (TPSA) is 70.6 Å². The SMILES string of the molecule is CCC(NC(C)(C)CC)C(N)=NO. The number of hydrogen-bond donors (Lipinski definition) is 3. The fraction of sp³-hybridized carbons (Fsp3) is 0.889. The van der Waals surface area contributed by atoms with Gasteiger partial charge in [0.1, 0.15) is 0 Å². The Hall–Kier alpha value is -0.770. The van der Waals surface area contributed by atoms with Gasteiger partial charge in [-0.1, -0.05) is 19.0 Å². The highest BCUT2D eigenvalue weighted by atomic mass is 16.4. The van der Waals surface area contributed by atoms with Gasteiger partial charge < -0.3 is 16.3 Å². The van der Waals surface area contributed by atoms with Crippen molar-refractivity contribution in [1.82, 2.24) is 5.32 Å². The summed E-state index contributed by atoms with van der Waals surface area (Å²) in [7, 11) is 0. The van der Waals surface area contributed by atoms with E-state index in [4.69, 9.17) is 10.9 Å². The molecule has 0 aromatic rings. The van der Waals surface area contributed by atoms with Crippen LogP contribution < -0.4 is 11.1 Å². The van der Waals surface area contributed by atoms with Gasteiger partial charge in [-0.3, -0.25) is 0 Å². The van der Waals surface area contributed by atoms with Gasteiger partial charge in [-0.05, 0) is 26.7 Å². The highest BCUT2D eigenvalue weighted by molar-refractivity contribution is 5.85. The predicted molar refractivity (Wildman–Crippen MR) is 55.0 cm³/mol. The van der Waals surface area contributed by atoms with Crippen LogP contribution in [-0.2, 0) is 0 Å². The molecule has 1 unspecified atom stereocenters. The van der Waals surface area contributed by atoms with E-state index in [1.165, 1.54) is 0 Å². The Morgan fingerprint density at radius 3 is 2.38 bits per heavy atom. The van der Waals surface area contributed by atoms with Crippen molar-refractivity contribution in [3.63, 3.8) is 0 Å². The average Bonchev–Trinajstić information content (AvgIpc) is 2.13. The fourth-order valence-electron chi connectivity index (χ4n) is 1.03. The lowest BCUT2D eigenvalue weighted by Gasteiger charge is -2.29. The first-order chi connectivity index (χ1) is 5.96. The van der Waals surface area contributed by atoms with Crippen molar-refractivity contribution in [1.29, 1.82) is 0 Å². The lowest BCUT2D eigenvalue weighted by atomic mass is 9.99. The minimum Gasteiger partial charge on any atom is -0.409 e. The molecule has 0 aliphatic rings. The van der Waals surface area contributed by atoms with Crippen LogP contribution in [0.4, 0.5) is 0 Å². The van der Waals surface area contributed by atoms with Crippen LogP contribution in [0.1, 0.15) is 40.5 Å². The van der Waals surface area contributed by atoms with Crippen LogP contribution in [0.25, 0.3) is 0 Å². The van der Waals surface area contributed by atoms with Crippen molar-refractivity contribution in [2.75, 3.05) is 0 Å². The molecule has 0 radical (unpaired) electrons. The molecule has 13 heavy (non-hydrogen) atoms. The van der Waals surface area contributed by atoms with Crippen LogP contribution in [0.5, 0.6) is 0 Å². The number of amidine groups is 1. The van der Waals surface area contributed by atoms with Crippen LogP contribution in [0.3, 0.4) is 0 Å². The molecule has 0 fully saturated rings. The summed E-state index contributed by atoms with van der Waals surface area (Å²) in [5.74, 6) is 0.254. The Labute approximate surface area is 80.2 Å². The third-order valence-corrected chi connectivity index (χ3v) is 2.33. The number of nitrogens with two attached hydrogens (primary N) is 1. The summed E-state index contributed by atoms with van der Waals surface area (Å²) in [4.78, 5) is 0. The predicted octanol–water partition coefficient (Wildman–Crippen LogP) is 1.29. The molecule has 0 aliphatic heterocycles. The van der Waals surface area contributed by atoms with Crippen LogP contribution in [0.15, 0.2) is 5.16 Å². The van der Waals surface area contributed by atoms with E-state index < -0.39 is 0 Å². The summed E-state index contributed by atoms with van der Waals surface area (Å²) < 4.78 is 0. The zero-order valence-electron chi connectivity index (χ0n) is 8.96. The Kier molecular flexibility index (Phi) is 4.77. The summed E-state index contributed by atoms with van der Waals surface area (Å²) in [6.07, 6.45) is 1.82. The third kappa shape index (κ3) is 4.12. The van der Waals surface area contributed by atoms with Crippen molar-refractivity contribution in [2.24, 2.45) is 10.9 Å². The van der Waals surface area contributed by atoms with Gasteiger partial charge in [-0.2, -0.15) is 0 Å². The molecule has 0 bridgehead atoms. The molecule has 0 saturated carbocycles. The summed E-state index contributed by atoms with van der Waals surface area (Å²) in [5.41, 5.74) is 5.55. The molecule has 0 aromatic carbocycles. The van der Waals surface area contributed by atoms with Gasteiger partial charge in [0.25, 0.3) is 0 Å². The Morgan fingerprint density at radius 1 is 1.54 bits per heavy atom. The number of nitrogens with one attached hydrogen (secondary N) is 1. The summed E-state index contributed by atoms with van der Waals surface area (Å²) in [5, 5.41) is 14.9. The molecule has 0 rings (SSSR count). The maximum Gasteiger partial charge on any atom is 0.156 e.